The van der Waals surface area contributed by atoms with Gasteiger partial charge in [0.2, 0.25) is 5.95 Å². The van der Waals surface area contributed by atoms with E-state index in [0.717, 1.165) is 3.79 Å². The van der Waals surface area contributed by atoms with Crippen LogP contribution in [0.4, 0.5) is 9.52 Å². The highest BCUT2D eigenvalue weighted by Crippen LogP contribution is 2.23. The van der Waals surface area contributed by atoms with Crippen LogP contribution in [0.15, 0.2) is 28.2 Å². The van der Waals surface area contributed by atoms with Gasteiger partial charge in [-0.15, -0.1) is 0 Å². The van der Waals surface area contributed by atoms with E-state index in [9.17, 15) is 9.18 Å². The number of amides is 1. The van der Waals surface area contributed by atoms with Crippen molar-refractivity contribution in [1.82, 2.24) is 9.97 Å². The smallest absolute Gasteiger partial charge is 0.276 e. The first-order valence-electron chi connectivity index (χ1n) is 4.20. The second kappa shape index (κ2) is 4.67. The van der Waals surface area contributed by atoms with Crippen LogP contribution in [0.1, 0.15) is 10.5 Å². The van der Waals surface area contributed by atoms with Crippen molar-refractivity contribution in [2.45, 2.75) is 0 Å². The van der Waals surface area contributed by atoms with Gasteiger partial charge >= 0.3 is 0 Å². The highest BCUT2D eigenvalue weighted by atomic mass is 79.9. The van der Waals surface area contributed by atoms with Crippen LogP contribution in [0, 0.1) is 5.95 Å². The van der Waals surface area contributed by atoms with Crippen LogP contribution in [-0.4, -0.2) is 15.9 Å². The standard InChI is InChI=1S/C9H5BrFN3OS/c10-6-4-12-9(16-6)14-8(15)5-2-1-3-7(11)13-5/h1-4H,(H,12,14,15). The molecule has 0 aliphatic rings. The van der Waals surface area contributed by atoms with Gasteiger partial charge in [0.25, 0.3) is 5.91 Å². The highest BCUT2D eigenvalue weighted by molar-refractivity contribution is 9.11. The number of aromatic nitrogens is 2. The van der Waals surface area contributed by atoms with Crippen LogP contribution in [-0.2, 0) is 0 Å². The van der Waals surface area contributed by atoms with E-state index in [1.54, 1.807) is 6.20 Å². The lowest BCUT2D eigenvalue weighted by Crippen LogP contribution is -2.13. The summed E-state index contributed by atoms with van der Waals surface area (Å²) in [4.78, 5) is 19.0. The molecule has 1 N–H and O–H groups in total. The minimum absolute atomic E-state index is 0.0197. The zero-order chi connectivity index (χ0) is 11.5. The van der Waals surface area contributed by atoms with Crippen molar-refractivity contribution in [3.05, 3.63) is 39.8 Å². The van der Waals surface area contributed by atoms with E-state index in [2.05, 4.69) is 31.2 Å². The molecule has 16 heavy (non-hydrogen) atoms. The summed E-state index contributed by atoms with van der Waals surface area (Å²) in [5.74, 6) is -1.17. The molecule has 2 rings (SSSR count). The SMILES string of the molecule is O=C(Nc1ncc(Br)s1)c1cccc(F)n1. The van der Waals surface area contributed by atoms with Crippen LogP contribution < -0.4 is 5.32 Å². The molecular formula is C9H5BrFN3OS. The molecule has 0 aliphatic carbocycles. The summed E-state index contributed by atoms with van der Waals surface area (Å²) in [5, 5.41) is 2.95. The number of hydrogen-bond acceptors (Lipinski definition) is 4. The number of hydrogen-bond donors (Lipinski definition) is 1. The maximum atomic E-state index is 12.8. The number of nitrogens with one attached hydrogen (secondary N) is 1. The molecule has 4 nitrogen and oxygen atoms in total. The Balaban J connectivity index is 2.14. The van der Waals surface area contributed by atoms with E-state index in [-0.39, 0.29) is 5.69 Å². The fourth-order valence-corrected chi connectivity index (χ4v) is 2.11. The number of halogens is 2. The Bertz CT molecular complexity index is 531. The van der Waals surface area contributed by atoms with Gasteiger partial charge in [0.1, 0.15) is 5.69 Å². The maximum Gasteiger partial charge on any atom is 0.276 e. The van der Waals surface area contributed by atoms with Crippen LogP contribution in [0.25, 0.3) is 0 Å². The number of thiazole rings is 1. The average molecular weight is 302 g/mol. The van der Waals surface area contributed by atoms with Gasteiger partial charge in [-0.3, -0.25) is 10.1 Å². The summed E-state index contributed by atoms with van der Waals surface area (Å²) >= 11 is 4.49. The number of anilines is 1. The van der Waals surface area contributed by atoms with Gasteiger partial charge in [0.05, 0.1) is 9.98 Å². The van der Waals surface area contributed by atoms with Gasteiger partial charge in [-0.05, 0) is 28.1 Å². The minimum Gasteiger partial charge on any atom is -0.296 e. The van der Waals surface area contributed by atoms with E-state index < -0.39 is 11.9 Å². The fourth-order valence-electron chi connectivity index (χ4n) is 1.01. The molecule has 0 fully saturated rings. The first kappa shape index (κ1) is 11.2. The normalized spacial score (nSPS) is 10.1. The van der Waals surface area contributed by atoms with Gasteiger partial charge in [0, 0.05) is 0 Å². The molecule has 82 valence electrons. The van der Waals surface area contributed by atoms with Crippen LogP contribution in [0.5, 0.6) is 0 Å². The summed E-state index contributed by atoms with van der Waals surface area (Å²) in [6, 6.07) is 4.03. The third kappa shape index (κ3) is 2.61. The topological polar surface area (TPSA) is 54.9 Å². The molecule has 2 aromatic rings. The molecule has 2 heterocycles. The van der Waals surface area contributed by atoms with Gasteiger partial charge in [-0.1, -0.05) is 17.4 Å². The molecule has 2 aromatic heterocycles. The molecule has 0 unspecified atom stereocenters. The number of carbonyl (C=O) groups excluding carboxylic acids is 1. The van der Waals surface area contributed by atoms with Gasteiger partial charge < -0.3 is 0 Å². The molecule has 0 saturated carbocycles. The lowest BCUT2D eigenvalue weighted by Gasteiger charge is -1.99. The molecule has 1 amide bonds. The largest absolute Gasteiger partial charge is 0.296 e. The Labute approximate surface area is 103 Å². The third-order valence-electron chi connectivity index (χ3n) is 1.65. The van der Waals surface area contributed by atoms with Crippen molar-refractivity contribution >= 4 is 38.3 Å². The third-order valence-corrected chi connectivity index (χ3v) is 3.04. The molecule has 0 spiro atoms. The minimum atomic E-state index is -0.687. The van der Waals surface area contributed by atoms with Crippen molar-refractivity contribution in [3.63, 3.8) is 0 Å². The Morgan fingerprint density at radius 2 is 2.31 bits per heavy atom. The van der Waals surface area contributed by atoms with Crippen molar-refractivity contribution < 1.29 is 9.18 Å². The lowest BCUT2D eigenvalue weighted by atomic mass is 10.3. The first-order chi connectivity index (χ1) is 7.65. The fraction of sp³-hybridized carbons (Fsp3) is 0. The van der Waals surface area contributed by atoms with Crippen LogP contribution in [0.3, 0.4) is 0 Å². The van der Waals surface area contributed by atoms with E-state index in [1.807, 2.05) is 0 Å². The second-order valence-electron chi connectivity index (χ2n) is 2.77. The molecule has 0 saturated heterocycles. The average Bonchev–Trinajstić information content (AvgIpc) is 2.64. The van der Waals surface area contributed by atoms with Crippen molar-refractivity contribution in [2.24, 2.45) is 0 Å². The van der Waals surface area contributed by atoms with E-state index in [4.69, 9.17) is 0 Å². The molecule has 0 aliphatic heterocycles. The number of nitrogens with zero attached hydrogens (tertiary/aromatic N) is 2. The molecule has 0 atom stereocenters. The van der Waals surface area contributed by atoms with Crippen molar-refractivity contribution in [2.75, 3.05) is 5.32 Å². The second-order valence-corrected chi connectivity index (χ2v) is 5.18. The zero-order valence-corrected chi connectivity index (χ0v) is 10.2. The van der Waals surface area contributed by atoms with Crippen LogP contribution in [0.2, 0.25) is 0 Å². The molecular weight excluding hydrogens is 297 g/mol. The first-order valence-corrected chi connectivity index (χ1v) is 5.81. The predicted octanol–water partition coefficient (Wildman–Crippen LogP) is 2.69. The quantitative estimate of drug-likeness (QED) is 0.868. The highest BCUT2D eigenvalue weighted by Gasteiger charge is 2.10. The molecule has 0 radical (unpaired) electrons. The Hall–Kier alpha value is -1.34. The monoisotopic (exact) mass is 301 g/mol. The summed E-state index contributed by atoms with van der Waals surface area (Å²) in [6.45, 7) is 0. The number of pyridine rings is 1. The Kier molecular flexibility index (Phi) is 3.25. The summed E-state index contributed by atoms with van der Waals surface area (Å²) < 4.78 is 13.6. The molecule has 7 heteroatoms. The number of rotatable bonds is 2. The van der Waals surface area contributed by atoms with Crippen LogP contribution >= 0.6 is 27.3 Å². The molecule has 0 bridgehead atoms. The van der Waals surface area contributed by atoms with Gasteiger partial charge in [-0.25, -0.2) is 9.97 Å². The van der Waals surface area contributed by atoms with Gasteiger partial charge in [0.15, 0.2) is 5.13 Å². The Morgan fingerprint density at radius 3 is 2.94 bits per heavy atom. The van der Waals surface area contributed by atoms with Crippen molar-refractivity contribution in [3.8, 4) is 0 Å². The Morgan fingerprint density at radius 1 is 1.50 bits per heavy atom. The lowest BCUT2D eigenvalue weighted by molar-refractivity contribution is 0.102. The predicted molar refractivity (Wildman–Crippen MR) is 62.0 cm³/mol. The summed E-state index contributed by atoms with van der Waals surface area (Å²) in [7, 11) is 0. The summed E-state index contributed by atoms with van der Waals surface area (Å²) in [6.07, 6.45) is 1.57. The van der Waals surface area contributed by atoms with E-state index in [1.165, 1.54) is 29.5 Å². The van der Waals surface area contributed by atoms with E-state index in [0.29, 0.717) is 5.13 Å². The van der Waals surface area contributed by atoms with Gasteiger partial charge in [-0.2, -0.15) is 4.39 Å². The molecule has 0 aromatic carbocycles. The number of carbonyl (C=O) groups is 1. The zero-order valence-electron chi connectivity index (χ0n) is 7.78. The van der Waals surface area contributed by atoms with E-state index >= 15 is 0 Å². The summed E-state index contributed by atoms with van der Waals surface area (Å²) in [5.41, 5.74) is 0.0197. The maximum absolute atomic E-state index is 12.8. The van der Waals surface area contributed by atoms with Crippen molar-refractivity contribution in [1.29, 1.82) is 0 Å².